The summed E-state index contributed by atoms with van der Waals surface area (Å²) in [5, 5.41) is 0. The van der Waals surface area contributed by atoms with Crippen molar-refractivity contribution in [2.45, 2.75) is 252 Å². The van der Waals surface area contributed by atoms with Gasteiger partial charge in [-0.3, -0.25) is 14.4 Å². The summed E-state index contributed by atoms with van der Waals surface area (Å²) in [7, 11) is 6.68. The van der Waals surface area contributed by atoms with E-state index in [2.05, 4.69) is 167 Å². The molecular formula is C68H128FNO5. The number of hydrogen-bond donors (Lipinski definition) is 0. The van der Waals surface area contributed by atoms with Gasteiger partial charge in [0.15, 0.2) is 0 Å². The van der Waals surface area contributed by atoms with Gasteiger partial charge in [-0.2, -0.15) is 0 Å². The predicted molar refractivity (Wildman–Crippen MR) is 329 cm³/mol. The number of methoxy groups -OCH3 is 2. The summed E-state index contributed by atoms with van der Waals surface area (Å²) in [6, 6.07) is 17.4. The molecule has 0 radical (unpaired) electrons. The summed E-state index contributed by atoms with van der Waals surface area (Å²) in [6.45, 7) is 62.1. The fraction of sp³-hybridized carbons (Fsp3) is 0.779. The van der Waals surface area contributed by atoms with E-state index < -0.39 is 0 Å². The summed E-state index contributed by atoms with van der Waals surface area (Å²) in [5.41, 5.74) is 4.71. The van der Waals surface area contributed by atoms with Crippen molar-refractivity contribution in [1.82, 2.24) is 4.90 Å². The van der Waals surface area contributed by atoms with Crippen LogP contribution >= 0.6 is 0 Å². The van der Waals surface area contributed by atoms with E-state index in [-0.39, 0.29) is 45.1 Å². The zero-order chi connectivity index (χ0) is 60.8. The van der Waals surface area contributed by atoms with E-state index in [1.54, 1.807) is 33.0 Å². The minimum Gasteiger partial charge on any atom is -0.469 e. The largest absolute Gasteiger partial charge is 0.469 e. The quantitative estimate of drug-likeness (QED) is 0.279. The summed E-state index contributed by atoms with van der Waals surface area (Å²) in [5.74, 6) is 2.22. The summed E-state index contributed by atoms with van der Waals surface area (Å²) in [4.78, 5) is 33.8. The molecule has 0 aromatic heterocycles. The molecule has 0 spiro atoms. The van der Waals surface area contributed by atoms with E-state index in [1.807, 2.05) is 74.4 Å². The molecule has 2 aliphatic carbocycles. The van der Waals surface area contributed by atoms with Crippen LogP contribution in [0.5, 0.6) is 0 Å². The molecule has 0 bridgehead atoms. The zero-order valence-corrected chi connectivity index (χ0v) is 56.1. The Morgan fingerprint density at radius 2 is 0.880 bits per heavy atom. The standard InChI is InChI=1S/C11H15F.C11H16.C8H16.C7H15NO.C7H16O.C7H14.C6H12O2.C6H12O.C5H12/c1-11(2,3)8-9-4-6-10(12)7-5-9;1-11(2,3)9-10-7-5-4-6-8-10;1-8(2,3)6-7-4-5-7;1-7(2,3)6(9)8(4)5;1-7(2,3)5-6-8-4;1-7(2,3)6-4-5-6;1-6(2,3)5(7)8-4;1-5(7)6(2,3)4;1-5(2,3)4/h4-7H,8H2,1-3H3;4-8H,9H2,1-3H3;7H,4-6H2,1-3H3;1-5H3;5-6H2,1-4H3;6H,4-5H2,1-3H3;1-4H3;1-4H3;1-4H3. The van der Waals surface area contributed by atoms with Crippen molar-refractivity contribution in [3.63, 3.8) is 0 Å². The second-order valence-electron chi connectivity index (χ2n) is 31.7. The Morgan fingerprint density at radius 3 is 1.03 bits per heavy atom. The molecule has 2 saturated carbocycles. The van der Waals surface area contributed by atoms with Gasteiger partial charge < -0.3 is 14.4 Å². The number of carbonyl (C=O) groups excluding carboxylic acids is 3. The second-order valence-corrected chi connectivity index (χ2v) is 31.7. The highest BCUT2D eigenvalue weighted by Crippen LogP contribution is 2.44. The van der Waals surface area contributed by atoms with Gasteiger partial charge in [0.25, 0.3) is 0 Å². The molecule has 75 heavy (non-hydrogen) atoms. The minimum atomic E-state index is -0.352. The second kappa shape index (κ2) is 36.2. The molecule has 0 aliphatic heterocycles. The fourth-order valence-electron chi connectivity index (χ4n) is 5.95. The summed E-state index contributed by atoms with van der Waals surface area (Å²) >= 11 is 0. The zero-order valence-electron chi connectivity index (χ0n) is 56.1. The van der Waals surface area contributed by atoms with Gasteiger partial charge in [0.1, 0.15) is 11.6 Å². The van der Waals surface area contributed by atoms with Crippen LogP contribution in [0.15, 0.2) is 54.6 Å². The average Bonchev–Trinajstić information content (AvgIpc) is 4.12. The van der Waals surface area contributed by atoms with E-state index in [4.69, 9.17) is 4.74 Å². The van der Waals surface area contributed by atoms with E-state index >= 15 is 0 Å². The molecule has 0 N–H and O–H groups in total. The number of esters is 1. The van der Waals surface area contributed by atoms with E-state index in [0.29, 0.717) is 27.1 Å². The molecule has 2 aromatic rings. The lowest BCUT2D eigenvalue weighted by molar-refractivity contribution is -0.149. The lowest BCUT2D eigenvalue weighted by Gasteiger charge is -2.21. The molecule has 6 nitrogen and oxygen atoms in total. The smallest absolute Gasteiger partial charge is 0.310 e. The van der Waals surface area contributed by atoms with Crippen LogP contribution in [0.2, 0.25) is 0 Å². The predicted octanol–water partition coefficient (Wildman–Crippen LogP) is 20.0. The molecule has 1 amide bonds. The first-order valence-electron chi connectivity index (χ1n) is 28.2. The first-order valence-corrected chi connectivity index (χ1v) is 28.2. The first kappa shape index (κ1) is 80.8. The van der Waals surface area contributed by atoms with Crippen LogP contribution in [0.1, 0.15) is 250 Å². The lowest BCUT2D eigenvalue weighted by Crippen LogP contribution is -2.33. The summed E-state index contributed by atoms with van der Waals surface area (Å²) in [6.07, 6.45) is 10.7. The number of carbonyl (C=O) groups is 3. The van der Waals surface area contributed by atoms with Crippen LogP contribution in [0, 0.1) is 66.4 Å². The Kier molecular flexibility index (Phi) is 39.0. The third kappa shape index (κ3) is 67.0. The number of ketones is 1. The van der Waals surface area contributed by atoms with Gasteiger partial charge in [0.05, 0.1) is 12.5 Å². The van der Waals surface area contributed by atoms with E-state index in [9.17, 15) is 18.8 Å². The van der Waals surface area contributed by atoms with E-state index in [0.717, 1.165) is 37.7 Å². The minimum absolute atomic E-state index is 0.139. The molecule has 4 rings (SSSR count). The maximum absolute atomic E-state index is 12.5. The normalized spacial score (nSPS) is 13.6. The van der Waals surface area contributed by atoms with Gasteiger partial charge in [0.2, 0.25) is 5.91 Å². The number of ether oxygens (including phenoxy) is 2. The molecule has 2 aliphatic rings. The van der Waals surface area contributed by atoms with Crippen molar-refractivity contribution in [1.29, 1.82) is 0 Å². The monoisotopic (exact) mass is 1060 g/mol. The molecule has 0 saturated heterocycles. The Hall–Kier alpha value is -3.06. The lowest BCUT2D eigenvalue weighted by atomic mass is 9.88. The SMILES string of the molecule is CC(=O)C(C)(C)C.CC(C)(C)C.CC(C)(C)C1CC1.CC(C)(C)CC1CC1.CC(C)(C)Cc1ccc(F)cc1.CC(C)(C)Cc1ccccc1.CN(C)C(=O)C(C)(C)C.COC(=O)C(C)(C)C.COCCC(C)(C)C. The van der Waals surface area contributed by atoms with Gasteiger partial charge >= 0.3 is 5.97 Å². The first-order chi connectivity index (χ1) is 33.1. The van der Waals surface area contributed by atoms with Crippen molar-refractivity contribution in [3.8, 4) is 0 Å². The molecule has 0 heterocycles. The molecule has 0 unspecified atom stereocenters. The number of benzene rings is 2. The van der Waals surface area contributed by atoms with Crippen molar-refractivity contribution in [2.75, 3.05) is 34.9 Å². The van der Waals surface area contributed by atoms with Crippen molar-refractivity contribution in [3.05, 3.63) is 71.5 Å². The Balaban J connectivity index is -0.000000247. The number of hydrogen-bond acceptors (Lipinski definition) is 5. The highest BCUT2D eigenvalue weighted by Gasteiger charge is 2.33. The van der Waals surface area contributed by atoms with E-state index in [1.165, 1.54) is 62.5 Å². The topological polar surface area (TPSA) is 72.9 Å². The fourth-order valence-corrected chi connectivity index (χ4v) is 5.95. The van der Waals surface area contributed by atoms with Gasteiger partial charge in [-0.05, 0) is 134 Å². The number of halogens is 1. The number of Topliss-reactive ketones (excluding diaryl/α,β-unsaturated/α-hetero) is 1. The number of nitrogens with zero attached hydrogens (tertiary/aromatic N) is 1. The molecule has 2 fully saturated rings. The summed E-state index contributed by atoms with van der Waals surface area (Å²) < 4.78 is 21.9. The van der Waals surface area contributed by atoms with Crippen LogP contribution < -0.4 is 0 Å². The van der Waals surface area contributed by atoms with Crippen molar-refractivity contribution < 1.29 is 28.2 Å². The Bertz CT molecular complexity index is 1730. The average molecular weight is 1060 g/mol. The molecule has 442 valence electrons. The number of amides is 1. The van der Waals surface area contributed by atoms with Gasteiger partial charge in [-0.1, -0.05) is 228 Å². The van der Waals surface area contributed by atoms with Crippen LogP contribution in [0.4, 0.5) is 4.39 Å². The maximum Gasteiger partial charge on any atom is 0.310 e. The molecule has 2 aromatic carbocycles. The number of rotatable bonds is 5. The highest BCUT2D eigenvalue weighted by atomic mass is 19.1. The molecule has 0 atom stereocenters. The Labute approximate surface area is 468 Å². The van der Waals surface area contributed by atoms with Crippen LogP contribution in [-0.2, 0) is 36.7 Å². The van der Waals surface area contributed by atoms with Crippen LogP contribution in [0.25, 0.3) is 0 Å². The Morgan fingerprint density at radius 1 is 0.520 bits per heavy atom. The van der Waals surface area contributed by atoms with Crippen molar-refractivity contribution >= 4 is 17.7 Å². The van der Waals surface area contributed by atoms with Crippen LogP contribution in [-0.4, -0.2) is 57.5 Å². The highest BCUT2D eigenvalue weighted by molar-refractivity contribution is 5.81. The van der Waals surface area contributed by atoms with Crippen molar-refractivity contribution in [2.24, 2.45) is 60.6 Å². The van der Waals surface area contributed by atoms with Crippen LogP contribution in [0.3, 0.4) is 0 Å². The molecule has 7 heteroatoms. The third-order valence-electron chi connectivity index (χ3n) is 10.6. The third-order valence-corrected chi connectivity index (χ3v) is 10.6. The molecular weight excluding hydrogens is 930 g/mol. The van der Waals surface area contributed by atoms with Gasteiger partial charge in [0, 0.05) is 38.6 Å². The van der Waals surface area contributed by atoms with Gasteiger partial charge in [-0.25, -0.2) is 4.39 Å². The maximum atomic E-state index is 12.5. The van der Waals surface area contributed by atoms with Gasteiger partial charge in [-0.15, -0.1) is 0 Å².